The van der Waals surface area contributed by atoms with Crippen LogP contribution in [0.25, 0.3) is 11.5 Å². The molecule has 35 heavy (non-hydrogen) atoms. The van der Waals surface area contributed by atoms with E-state index in [0.717, 1.165) is 17.3 Å². The van der Waals surface area contributed by atoms with Crippen LogP contribution in [-0.4, -0.2) is 49.7 Å². The Balaban J connectivity index is 1.58. The van der Waals surface area contributed by atoms with Crippen LogP contribution in [0.3, 0.4) is 0 Å². The molecule has 3 aromatic heterocycles. The van der Waals surface area contributed by atoms with Crippen LogP contribution in [0.4, 0.5) is 0 Å². The van der Waals surface area contributed by atoms with E-state index < -0.39 is 22.6 Å². The van der Waals surface area contributed by atoms with Gasteiger partial charge in [0.2, 0.25) is 28.8 Å². The first-order valence-electron chi connectivity index (χ1n) is 11.4. The van der Waals surface area contributed by atoms with Gasteiger partial charge in [0.05, 0.1) is 0 Å². The monoisotopic (exact) mass is 516 g/mol. The molecule has 0 aliphatic carbocycles. The first-order chi connectivity index (χ1) is 16.9. The molecular weight excluding hydrogens is 488 g/mol. The van der Waals surface area contributed by atoms with Crippen molar-refractivity contribution in [3.05, 3.63) is 58.1 Å². The number of carbonyl (C=O) groups excluding carboxylic acids is 1. The fraction of sp³-hybridized carbons (Fsp3) is 0.458. The van der Waals surface area contributed by atoms with Crippen molar-refractivity contribution in [3.8, 4) is 17.3 Å². The van der Waals surface area contributed by atoms with Crippen LogP contribution in [0.2, 0.25) is 0 Å². The number of nitrogens with one attached hydrogen (secondary N) is 1. The first kappa shape index (κ1) is 25.3. The van der Waals surface area contributed by atoms with Gasteiger partial charge in [0, 0.05) is 24.1 Å². The van der Waals surface area contributed by atoms with Gasteiger partial charge in [-0.1, -0.05) is 11.2 Å². The molecule has 3 aromatic rings. The van der Waals surface area contributed by atoms with Crippen molar-refractivity contribution in [2.24, 2.45) is 0 Å². The van der Waals surface area contributed by atoms with E-state index in [-0.39, 0.29) is 18.1 Å². The predicted molar refractivity (Wildman–Crippen MR) is 136 cm³/mol. The Morgan fingerprint density at radius 2 is 2.14 bits per heavy atom. The lowest BCUT2D eigenvalue weighted by atomic mass is 9.75. The van der Waals surface area contributed by atoms with Gasteiger partial charge < -0.3 is 19.4 Å². The van der Waals surface area contributed by atoms with Crippen LogP contribution >= 0.6 is 23.5 Å². The zero-order chi connectivity index (χ0) is 24.8. The Morgan fingerprint density at radius 1 is 1.34 bits per heavy atom. The molecule has 4 heterocycles. The van der Waals surface area contributed by atoms with E-state index in [9.17, 15) is 14.7 Å². The van der Waals surface area contributed by atoms with E-state index >= 15 is 0 Å². The highest BCUT2D eigenvalue weighted by Crippen LogP contribution is 2.44. The second-order valence-corrected chi connectivity index (χ2v) is 10.8. The summed E-state index contributed by atoms with van der Waals surface area (Å²) >= 11 is 3.43. The molecule has 1 aliphatic heterocycles. The van der Waals surface area contributed by atoms with Gasteiger partial charge >= 0.3 is 0 Å². The quantitative estimate of drug-likeness (QED) is 0.432. The number of aromatic hydroxyl groups is 1. The molecule has 9 nitrogen and oxygen atoms in total. The third kappa shape index (κ3) is 5.90. The Kier molecular flexibility index (Phi) is 8.17. The smallest absolute Gasteiger partial charge is 0.249 e. The molecule has 0 bridgehead atoms. The Labute approximate surface area is 211 Å². The summed E-state index contributed by atoms with van der Waals surface area (Å²) in [7, 11) is 0. The summed E-state index contributed by atoms with van der Waals surface area (Å²) in [4.78, 5) is 34.4. The van der Waals surface area contributed by atoms with E-state index in [1.165, 1.54) is 6.07 Å². The number of aromatic nitrogens is 3. The van der Waals surface area contributed by atoms with Gasteiger partial charge in [0.25, 0.3) is 0 Å². The molecule has 4 rings (SSSR count). The number of carbonyl (C=O) groups is 1. The van der Waals surface area contributed by atoms with Crippen molar-refractivity contribution in [2.75, 3.05) is 23.5 Å². The van der Waals surface area contributed by atoms with E-state index in [1.54, 1.807) is 48.8 Å². The van der Waals surface area contributed by atoms with Crippen molar-refractivity contribution < 1.29 is 18.8 Å². The summed E-state index contributed by atoms with van der Waals surface area (Å²) in [6.07, 6.45) is 5.55. The zero-order valence-electron chi connectivity index (χ0n) is 19.7. The standard InChI is InChI=1S/C24H28N4O5S2/c1-15-13-18(29)20(31)21(32-15)24(7-11-35-12-8-24)14-19(30)26-17(6-10-34-2)23-27-22(28-33-23)16-5-3-4-9-25-16/h3-5,9,13,17,31H,6-8,10-12,14H2,1-2H3,(H,26,30). The molecular formula is C24H28N4O5S2. The SMILES string of the molecule is CSCCC(NC(=O)CC1(c2oc(C)cc(=O)c2O)CCSCC1)c1nc(-c2ccccn2)no1. The lowest BCUT2D eigenvalue weighted by Gasteiger charge is -2.36. The normalized spacial score (nSPS) is 16.1. The fourth-order valence-electron chi connectivity index (χ4n) is 4.23. The van der Waals surface area contributed by atoms with Crippen LogP contribution in [-0.2, 0) is 10.2 Å². The van der Waals surface area contributed by atoms with E-state index in [1.807, 2.05) is 12.3 Å². The molecule has 186 valence electrons. The van der Waals surface area contributed by atoms with Crippen molar-refractivity contribution in [1.29, 1.82) is 0 Å². The number of aryl methyl sites for hydroxylation is 1. The van der Waals surface area contributed by atoms with E-state index in [2.05, 4.69) is 20.4 Å². The third-order valence-electron chi connectivity index (χ3n) is 6.06. The molecule has 1 aliphatic rings. The first-order valence-corrected chi connectivity index (χ1v) is 13.9. The lowest BCUT2D eigenvalue weighted by molar-refractivity contribution is -0.123. The molecule has 1 saturated heterocycles. The molecule has 0 saturated carbocycles. The highest BCUT2D eigenvalue weighted by atomic mass is 32.2. The summed E-state index contributed by atoms with van der Waals surface area (Å²) in [5, 5.41) is 17.6. The molecule has 0 spiro atoms. The average Bonchev–Trinajstić information content (AvgIpc) is 3.35. The van der Waals surface area contributed by atoms with Gasteiger partial charge in [-0.2, -0.15) is 28.5 Å². The van der Waals surface area contributed by atoms with Gasteiger partial charge in [0.15, 0.2) is 5.76 Å². The molecule has 11 heteroatoms. The Morgan fingerprint density at radius 3 is 2.86 bits per heavy atom. The van der Waals surface area contributed by atoms with Gasteiger partial charge in [-0.25, -0.2) is 0 Å². The Hall–Kier alpha value is -2.79. The van der Waals surface area contributed by atoms with Crippen molar-refractivity contribution >= 4 is 29.4 Å². The predicted octanol–water partition coefficient (Wildman–Crippen LogP) is 3.86. The third-order valence-corrected chi connectivity index (χ3v) is 7.69. The largest absolute Gasteiger partial charge is 0.502 e. The number of hydrogen-bond acceptors (Lipinski definition) is 10. The minimum atomic E-state index is -0.761. The van der Waals surface area contributed by atoms with Crippen LogP contribution in [0, 0.1) is 6.92 Å². The average molecular weight is 517 g/mol. The summed E-state index contributed by atoms with van der Waals surface area (Å²) in [5.41, 5.74) is -0.670. The molecule has 0 radical (unpaired) electrons. The second-order valence-electron chi connectivity index (χ2n) is 8.54. The van der Waals surface area contributed by atoms with Crippen LogP contribution in [0.1, 0.15) is 49.1 Å². The Bertz CT molecular complexity index is 1210. The number of rotatable bonds is 9. The molecule has 2 N–H and O–H groups in total. The number of hydrogen-bond donors (Lipinski definition) is 2. The highest BCUT2D eigenvalue weighted by molar-refractivity contribution is 7.99. The fourth-order valence-corrected chi connectivity index (χ4v) is 5.98. The van der Waals surface area contributed by atoms with Crippen molar-refractivity contribution in [2.45, 2.75) is 44.1 Å². The minimum absolute atomic E-state index is 0.0739. The number of pyridine rings is 1. The number of amides is 1. The van der Waals surface area contributed by atoms with E-state index in [0.29, 0.717) is 42.4 Å². The van der Waals surface area contributed by atoms with Gasteiger partial charge in [-0.15, -0.1) is 0 Å². The maximum absolute atomic E-state index is 13.4. The molecule has 1 fully saturated rings. The van der Waals surface area contributed by atoms with E-state index in [4.69, 9.17) is 8.94 Å². The van der Waals surface area contributed by atoms with Crippen LogP contribution in [0.15, 0.2) is 44.2 Å². The number of thioether (sulfide) groups is 2. The van der Waals surface area contributed by atoms with Gasteiger partial charge in [-0.3, -0.25) is 14.6 Å². The topological polar surface area (TPSA) is 131 Å². The second kappa shape index (κ2) is 11.3. The van der Waals surface area contributed by atoms with Gasteiger partial charge in [0.1, 0.15) is 17.5 Å². The number of nitrogens with zero attached hydrogens (tertiary/aromatic N) is 3. The lowest BCUT2D eigenvalue weighted by Crippen LogP contribution is -2.39. The van der Waals surface area contributed by atoms with Crippen molar-refractivity contribution in [1.82, 2.24) is 20.4 Å². The highest BCUT2D eigenvalue weighted by Gasteiger charge is 2.42. The molecule has 1 unspecified atom stereocenters. The van der Waals surface area contributed by atoms with Crippen LogP contribution < -0.4 is 10.7 Å². The molecule has 1 atom stereocenters. The van der Waals surface area contributed by atoms with Crippen molar-refractivity contribution in [3.63, 3.8) is 0 Å². The molecule has 1 amide bonds. The summed E-state index contributed by atoms with van der Waals surface area (Å²) in [6, 6.07) is 6.22. The summed E-state index contributed by atoms with van der Waals surface area (Å²) in [5.74, 6) is 3.02. The minimum Gasteiger partial charge on any atom is -0.502 e. The summed E-state index contributed by atoms with van der Waals surface area (Å²) < 4.78 is 11.4. The zero-order valence-corrected chi connectivity index (χ0v) is 21.3. The molecule has 0 aromatic carbocycles. The van der Waals surface area contributed by atoms with Crippen LogP contribution in [0.5, 0.6) is 5.75 Å². The maximum Gasteiger partial charge on any atom is 0.249 e. The maximum atomic E-state index is 13.4. The summed E-state index contributed by atoms with van der Waals surface area (Å²) in [6.45, 7) is 1.67. The van der Waals surface area contributed by atoms with Gasteiger partial charge in [-0.05, 0) is 61.8 Å².